The van der Waals surface area contributed by atoms with Gasteiger partial charge in [0, 0.05) is 0 Å². The van der Waals surface area contributed by atoms with Gasteiger partial charge in [-0.1, -0.05) is 48.5 Å². The second-order valence-corrected chi connectivity index (χ2v) is 5.19. The molecule has 0 aromatic heterocycles. The molecule has 0 heterocycles. The molecule has 0 bridgehead atoms. The van der Waals surface area contributed by atoms with Gasteiger partial charge in [0.25, 0.3) is 0 Å². The van der Waals surface area contributed by atoms with Crippen molar-refractivity contribution in [3.8, 4) is 5.75 Å². The van der Waals surface area contributed by atoms with Crippen molar-refractivity contribution in [3.63, 3.8) is 0 Å². The van der Waals surface area contributed by atoms with Crippen molar-refractivity contribution in [2.24, 2.45) is 5.41 Å². The molecule has 0 fully saturated rings. The fourth-order valence-electron chi connectivity index (χ4n) is 2.17. The topological polar surface area (TPSA) is 87.6 Å². The first kappa shape index (κ1) is 18.4. The van der Waals surface area contributed by atoms with Gasteiger partial charge in [-0.15, -0.1) is 0 Å². The van der Waals surface area contributed by atoms with E-state index in [1.165, 1.54) is 14.0 Å². The van der Waals surface area contributed by atoms with Crippen LogP contribution in [0.5, 0.6) is 5.75 Å². The van der Waals surface area contributed by atoms with Crippen molar-refractivity contribution in [1.82, 2.24) is 6.15 Å². The van der Waals surface area contributed by atoms with E-state index in [1.54, 1.807) is 24.3 Å². The van der Waals surface area contributed by atoms with Gasteiger partial charge >= 0.3 is 11.9 Å². The Bertz CT molecular complexity index is 643. The van der Waals surface area contributed by atoms with Crippen molar-refractivity contribution in [2.45, 2.75) is 13.3 Å². The summed E-state index contributed by atoms with van der Waals surface area (Å²) in [6, 6.07) is 18.0. The quantitative estimate of drug-likeness (QED) is 0.520. The van der Waals surface area contributed by atoms with Crippen LogP contribution >= 0.6 is 0 Å². The van der Waals surface area contributed by atoms with Gasteiger partial charge in [-0.25, -0.2) is 0 Å². The lowest BCUT2D eigenvalue weighted by Gasteiger charge is -2.24. The molecule has 0 amide bonds. The van der Waals surface area contributed by atoms with Gasteiger partial charge in [0.05, 0.1) is 7.11 Å². The summed E-state index contributed by atoms with van der Waals surface area (Å²) in [5, 5.41) is 0. The van der Waals surface area contributed by atoms with Crippen LogP contribution in [0.15, 0.2) is 60.7 Å². The molecule has 2 aromatic carbocycles. The van der Waals surface area contributed by atoms with E-state index >= 15 is 0 Å². The third kappa shape index (κ3) is 4.40. The highest BCUT2D eigenvalue weighted by Gasteiger charge is 2.44. The van der Waals surface area contributed by atoms with Crippen LogP contribution in [0.1, 0.15) is 12.5 Å². The summed E-state index contributed by atoms with van der Waals surface area (Å²) in [4.78, 5) is 24.7. The number of rotatable bonds is 5. The van der Waals surface area contributed by atoms with E-state index in [4.69, 9.17) is 9.47 Å². The van der Waals surface area contributed by atoms with Gasteiger partial charge in [-0.3, -0.25) is 9.59 Å². The van der Waals surface area contributed by atoms with Gasteiger partial charge in [-0.2, -0.15) is 0 Å². The summed E-state index contributed by atoms with van der Waals surface area (Å²) < 4.78 is 10.1. The fraction of sp³-hybridized carbons (Fsp3) is 0.222. The zero-order valence-corrected chi connectivity index (χ0v) is 13.3. The van der Waals surface area contributed by atoms with Crippen molar-refractivity contribution in [1.29, 1.82) is 0 Å². The molecule has 5 heteroatoms. The molecule has 23 heavy (non-hydrogen) atoms. The lowest BCUT2D eigenvalue weighted by molar-refractivity contribution is -0.163. The van der Waals surface area contributed by atoms with Gasteiger partial charge in [0.1, 0.15) is 5.75 Å². The van der Waals surface area contributed by atoms with Crippen LogP contribution in [-0.2, 0) is 20.7 Å². The Morgan fingerprint density at radius 1 is 0.913 bits per heavy atom. The molecule has 0 aliphatic carbocycles. The highest BCUT2D eigenvalue weighted by molar-refractivity contribution is 6.00. The number of hydrogen-bond donors (Lipinski definition) is 1. The molecule has 2 rings (SSSR count). The zero-order chi connectivity index (χ0) is 16.0. The number of methoxy groups -OCH3 is 1. The molecule has 0 spiro atoms. The lowest BCUT2D eigenvalue weighted by Crippen LogP contribution is -2.42. The Balaban J connectivity index is 0.00000264. The highest BCUT2D eigenvalue weighted by atomic mass is 16.6. The second kappa shape index (κ2) is 8.10. The van der Waals surface area contributed by atoms with Gasteiger partial charge in [0.2, 0.25) is 0 Å². The Kier molecular flexibility index (Phi) is 6.48. The molecule has 1 unspecified atom stereocenters. The molecular weight excluding hydrogens is 294 g/mol. The van der Waals surface area contributed by atoms with Gasteiger partial charge in [0.15, 0.2) is 5.41 Å². The average molecular weight is 315 g/mol. The summed E-state index contributed by atoms with van der Waals surface area (Å²) >= 11 is 0. The molecule has 0 aliphatic rings. The van der Waals surface area contributed by atoms with Crippen LogP contribution < -0.4 is 10.9 Å². The van der Waals surface area contributed by atoms with Crippen LogP contribution in [0.2, 0.25) is 0 Å². The van der Waals surface area contributed by atoms with E-state index in [-0.39, 0.29) is 12.6 Å². The first-order valence-electron chi connectivity index (χ1n) is 6.96. The van der Waals surface area contributed by atoms with Crippen LogP contribution in [0, 0.1) is 5.41 Å². The standard InChI is InChI=1S/C18H18O4.H3N/c1-18(16(19)21-2,13-14-9-5-3-6-10-14)17(20)22-15-11-7-4-8-12-15;/h3-12H,13H2,1-2H3;1H3. The van der Waals surface area contributed by atoms with E-state index in [0.29, 0.717) is 5.75 Å². The maximum Gasteiger partial charge on any atom is 0.328 e. The molecule has 0 aliphatic heterocycles. The predicted octanol–water partition coefficient (Wildman–Crippen LogP) is 3.18. The second-order valence-electron chi connectivity index (χ2n) is 5.19. The molecule has 2 aromatic rings. The Morgan fingerprint density at radius 2 is 1.43 bits per heavy atom. The lowest BCUT2D eigenvalue weighted by atomic mass is 9.83. The summed E-state index contributed by atoms with van der Waals surface area (Å²) in [5.41, 5.74) is -0.535. The Labute approximate surface area is 135 Å². The SMILES string of the molecule is COC(=O)C(C)(Cc1ccccc1)C(=O)Oc1ccccc1.N. The number of hydrogen-bond acceptors (Lipinski definition) is 5. The predicted molar refractivity (Wildman–Crippen MR) is 87.4 cm³/mol. The minimum Gasteiger partial charge on any atom is -0.468 e. The Hall–Kier alpha value is -2.66. The van der Waals surface area contributed by atoms with Crippen LogP contribution in [-0.4, -0.2) is 19.0 Å². The summed E-state index contributed by atoms with van der Waals surface area (Å²) in [5.74, 6) is -0.845. The largest absolute Gasteiger partial charge is 0.468 e. The van der Waals surface area contributed by atoms with Gasteiger partial charge in [-0.05, 0) is 31.0 Å². The van der Waals surface area contributed by atoms with Crippen molar-refractivity contribution >= 4 is 11.9 Å². The first-order chi connectivity index (χ1) is 10.6. The summed E-state index contributed by atoms with van der Waals surface area (Å²) in [6.07, 6.45) is 0.214. The maximum atomic E-state index is 12.5. The van der Waals surface area contributed by atoms with Crippen molar-refractivity contribution in [3.05, 3.63) is 66.2 Å². The third-order valence-corrected chi connectivity index (χ3v) is 3.44. The van der Waals surface area contributed by atoms with E-state index in [2.05, 4.69) is 0 Å². The van der Waals surface area contributed by atoms with E-state index in [9.17, 15) is 9.59 Å². The van der Waals surface area contributed by atoms with Crippen molar-refractivity contribution < 1.29 is 19.1 Å². The first-order valence-corrected chi connectivity index (χ1v) is 6.96. The molecular formula is C18H21NO4. The fourth-order valence-corrected chi connectivity index (χ4v) is 2.17. The van der Waals surface area contributed by atoms with E-state index in [0.717, 1.165) is 5.56 Å². The molecule has 1 atom stereocenters. The molecule has 0 radical (unpaired) electrons. The minimum atomic E-state index is -1.40. The molecule has 3 N–H and O–H groups in total. The summed E-state index contributed by atoms with van der Waals surface area (Å²) in [6.45, 7) is 1.54. The maximum absolute atomic E-state index is 12.5. The van der Waals surface area contributed by atoms with Crippen LogP contribution in [0.4, 0.5) is 0 Å². The van der Waals surface area contributed by atoms with E-state index in [1.807, 2.05) is 36.4 Å². The minimum absolute atomic E-state index is 0. The van der Waals surface area contributed by atoms with E-state index < -0.39 is 17.4 Å². The van der Waals surface area contributed by atoms with Crippen LogP contribution in [0.3, 0.4) is 0 Å². The molecule has 0 saturated heterocycles. The molecule has 5 nitrogen and oxygen atoms in total. The number of esters is 2. The van der Waals surface area contributed by atoms with Gasteiger partial charge < -0.3 is 15.6 Å². The number of carbonyl (C=O) groups is 2. The van der Waals surface area contributed by atoms with Crippen molar-refractivity contribution in [2.75, 3.05) is 7.11 Å². The third-order valence-electron chi connectivity index (χ3n) is 3.44. The number of benzene rings is 2. The molecule has 122 valence electrons. The smallest absolute Gasteiger partial charge is 0.328 e. The van der Waals surface area contributed by atoms with Crippen LogP contribution in [0.25, 0.3) is 0 Å². The monoisotopic (exact) mass is 315 g/mol. The zero-order valence-electron chi connectivity index (χ0n) is 13.3. The normalized spacial score (nSPS) is 12.4. The Morgan fingerprint density at radius 3 is 1.96 bits per heavy atom. The summed E-state index contributed by atoms with van der Waals surface area (Å²) in [7, 11) is 1.27. The highest BCUT2D eigenvalue weighted by Crippen LogP contribution is 2.27. The number of carbonyl (C=O) groups excluding carboxylic acids is 2. The number of para-hydroxylation sites is 1. The average Bonchev–Trinajstić information content (AvgIpc) is 2.55. The number of ether oxygens (including phenoxy) is 2. The molecule has 0 saturated carbocycles.